The molecule has 0 radical (unpaired) electrons. The van der Waals surface area contributed by atoms with E-state index in [0.29, 0.717) is 17.9 Å². The van der Waals surface area contributed by atoms with Crippen molar-refractivity contribution in [2.24, 2.45) is 11.3 Å². The van der Waals surface area contributed by atoms with E-state index in [1.807, 2.05) is 10.6 Å². The van der Waals surface area contributed by atoms with Crippen LogP contribution in [0.4, 0.5) is 0 Å². The minimum Gasteiger partial charge on any atom is -0.508 e. The van der Waals surface area contributed by atoms with Crippen LogP contribution in [-0.4, -0.2) is 31.5 Å². The molecule has 0 saturated heterocycles. The second-order valence-corrected chi connectivity index (χ2v) is 10.3. The van der Waals surface area contributed by atoms with Gasteiger partial charge in [-0.05, 0) is 41.9 Å². The van der Waals surface area contributed by atoms with Crippen LogP contribution in [0.25, 0.3) is 0 Å². The standard InChI is InChI=1S/C25H27N3O2/c1-14-9-10-24(4)21-20(14)25(5)16-7-6-8-18(29)15(16)11-19(23(25,2)3)28(21)22(30)17-12-26-13-27(17)24/h6-10,12-14,19,29H,11H2,1-5H3/t14?,19?,24?,25-/m1/s1. The molecule has 3 heterocycles. The molecule has 4 atom stereocenters. The number of hydrogen-bond acceptors (Lipinski definition) is 3. The summed E-state index contributed by atoms with van der Waals surface area (Å²) < 4.78 is 2.03. The second-order valence-electron chi connectivity index (χ2n) is 10.3. The van der Waals surface area contributed by atoms with Crippen LogP contribution < -0.4 is 0 Å². The smallest absolute Gasteiger partial charge is 0.276 e. The van der Waals surface area contributed by atoms with Crippen molar-refractivity contribution in [2.45, 2.75) is 58.0 Å². The molecular formula is C25H27N3O2. The maximum absolute atomic E-state index is 13.8. The van der Waals surface area contributed by atoms with Crippen molar-refractivity contribution < 1.29 is 9.90 Å². The predicted molar refractivity (Wildman–Crippen MR) is 114 cm³/mol. The second kappa shape index (κ2) is 5.08. The van der Waals surface area contributed by atoms with Gasteiger partial charge in [0.25, 0.3) is 5.91 Å². The molecular weight excluding hydrogens is 374 g/mol. The number of benzene rings is 1. The van der Waals surface area contributed by atoms with Gasteiger partial charge in [0.05, 0.1) is 18.2 Å². The molecule has 0 fully saturated rings. The van der Waals surface area contributed by atoms with E-state index in [4.69, 9.17) is 0 Å². The van der Waals surface area contributed by atoms with Gasteiger partial charge in [-0.25, -0.2) is 4.98 Å². The molecule has 2 aliphatic carbocycles. The first-order chi connectivity index (χ1) is 14.1. The summed E-state index contributed by atoms with van der Waals surface area (Å²) in [5.74, 6) is 0.533. The topological polar surface area (TPSA) is 58.4 Å². The number of amides is 1. The molecule has 1 aromatic carbocycles. The zero-order valence-corrected chi connectivity index (χ0v) is 18.1. The summed E-state index contributed by atoms with van der Waals surface area (Å²) in [6.07, 6.45) is 8.63. The summed E-state index contributed by atoms with van der Waals surface area (Å²) in [4.78, 5) is 20.2. The Morgan fingerprint density at radius 2 is 1.97 bits per heavy atom. The first kappa shape index (κ1) is 18.0. The van der Waals surface area contributed by atoms with Crippen LogP contribution in [0.2, 0.25) is 0 Å². The quantitative estimate of drug-likeness (QED) is 0.675. The first-order valence-electron chi connectivity index (χ1n) is 10.8. The normalized spacial score (nSPS) is 35.1. The van der Waals surface area contributed by atoms with Gasteiger partial charge in [0.2, 0.25) is 0 Å². The van der Waals surface area contributed by atoms with Crippen LogP contribution in [-0.2, 0) is 17.4 Å². The minimum atomic E-state index is -0.452. The minimum absolute atomic E-state index is 0.0129. The van der Waals surface area contributed by atoms with Crippen molar-refractivity contribution in [1.29, 1.82) is 0 Å². The van der Waals surface area contributed by atoms with Crippen molar-refractivity contribution in [2.75, 3.05) is 0 Å². The van der Waals surface area contributed by atoms with Crippen LogP contribution >= 0.6 is 0 Å². The molecule has 4 aliphatic rings. The average molecular weight is 402 g/mol. The number of phenols is 1. The molecule has 0 spiro atoms. The Bertz CT molecular complexity index is 1200. The maximum atomic E-state index is 13.8. The third-order valence-electron chi connectivity index (χ3n) is 8.78. The first-order valence-corrected chi connectivity index (χ1v) is 10.8. The Morgan fingerprint density at radius 1 is 1.20 bits per heavy atom. The molecule has 30 heavy (non-hydrogen) atoms. The van der Waals surface area contributed by atoms with E-state index in [1.54, 1.807) is 18.6 Å². The molecule has 2 bridgehead atoms. The van der Waals surface area contributed by atoms with E-state index >= 15 is 0 Å². The number of aromatic nitrogens is 2. The largest absolute Gasteiger partial charge is 0.508 e. The Balaban J connectivity index is 1.79. The van der Waals surface area contributed by atoms with Gasteiger partial charge < -0.3 is 14.6 Å². The van der Waals surface area contributed by atoms with Crippen molar-refractivity contribution >= 4 is 5.91 Å². The lowest BCUT2D eigenvalue weighted by Crippen LogP contribution is -2.69. The van der Waals surface area contributed by atoms with Gasteiger partial charge in [0.1, 0.15) is 17.0 Å². The molecule has 6 rings (SSSR count). The lowest BCUT2D eigenvalue weighted by atomic mass is 9.46. The van der Waals surface area contributed by atoms with E-state index in [9.17, 15) is 9.90 Å². The van der Waals surface area contributed by atoms with Crippen molar-refractivity contribution in [1.82, 2.24) is 14.5 Å². The Morgan fingerprint density at radius 3 is 2.73 bits per heavy atom. The summed E-state index contributed by atoms with van der Waals surface area (Å²) >= 11 is 0. The van der Waals surface area contributed by atoms with E-state index in [0.717, 1.165) is 11.3 Å². The van der Waals surface area contributed by atoms with Crippen LogP contribution in [0.3, 0.4) is 0 Å². The summed E-state index contributed by atoms with van der Waals surface area (Å²) in [5.41, 5.74) is 4.23. The van der Waals surface area contributed by atoms with Crippen LogP contribution in [0, 0.1) is 11.3 Å². The van der Waals surface area contributed by atoms with Gasteiger partial charge >= 0.3 is 0 Å². The van der Waals surface area contributed by atoms with Crippen molar-refractivity contribution in [3.05, 3.63) is 71.0 Å². The predicted octanol–water partition coefficient (Wildman–Crippen LogP) is 4.14. The molecule has 1 amide bonds. The molecule has 1 N–H and O–H groups in total. The number of hydrogen-bond donors (Lipinski definition) is 1. The monoisotopic (exact) mass is 401 g/mol. The Labute approximate surface area is 176 Å². The molecule has 0 saturated carbocycles. The number of imidazole rings is 1. The third-order valence-corrected chi connectivity index (χ3v) is 8.78. The number of aromatic hydroxyl groups is 1. The summed E-state index contributed by atoms with van der Waals surface area (Å²) in [6, 6.07) is 5.85. The summed E-state index contributed by atoms with van der Waals surface area (Å²) in [6.45, 7) is 11.3. The summed E-state index contributed by atoms with van der Waals surface area (Å²) in [5, 5.41) is 10.8. The highest BCUT2D eigenvalue weighted by atomic mass is 16.3. The average Bonchev–Trinajstić information content (AvgIpc) is 3.18. The van der Waals surface area contributed by atoms with Crippen molar-refractivity contribution in [3.63, 3.8) is 0 Å². The number of rotatable bonds is 0. The summed E-state index contributed by atoms with van der Waals surface area (Å²) in [7, 11) is 0. The highest BCUT2D eigenvalue weighted by molar-refractivity contribution is 5.96. The SMILES string of the molecule is CC1C=CC2(C)C3=C1[C@@]1(C)c4cccc(O)c4CC(N3C(=O)c3cncn32)C1(C)C. The van der Waals surface area contributed by atoms with Crippen LogP contribution in [0.15, 0.2) is 54.1 Å². The Kier molecular flexibility index (Phi) is 3.04. The fourth-order valence-electron chi connectivity index (χ4n) is 6.89. The fraction of sp³-hybridized carbons (Fsp3) is 0.440. The number of nitrogens with zero attached hydrogens (tertiary/aromatic N) is 3. The molecule has 5 nitrogen and oxygen atoms in total. The number of allylic oxidation sites excluding steroid dienone is 3. The van der Waals surface area contributed by atoms with Gasteiger partial charge in [-0.15, -0.1) is 0 Å². The number of phenolic OH excluding ortho intramolecular Hbond substituents is 1. The zero-order chi connectivity index (χ0) is 21.2. The fourth-order valence-corrected chi connectivity index (χ4v) is 6.89. The number of carbonyl (C=O) groups excluding carboxylic acids is 1. The van der Waals surface area contributed by atoms with Gasteiger partial charge in [-0.2, -0.15) is 0 Å². The number of carbonyl (C=O) groups is 1. The van der Waals surface area contributed by atoms with E-state index in [2.05, 4.69) is 62.7 Å². The molecule has 2 aromatic rings. The van der Waals surface area contributed by atoms with Gasteiger partial charge in [0.15, 0.2) is 0 Å². The van der Waals surface area contributed by atoms with Crippen LogP contribution in [0.5, 0.6) is 5.75 Å². The molecule has 154 valence electrons. The van der Waals surface area contributed by atoms with Crippen LogP contribution in [0.1, 0.15) is 56.2 Å². The molecule has 3 unspecified atom stereocenters. The Hall–Kier alpha value is -2.82. The molecule has 1 aromatic heterocycles. The number of fused-ring (bicyclic) bond motifs is 8. The van der Waals surface area contributed by atoms with E-state index < -0.39 is 5.54 Å². The lowest BCUT2D eigenvalue weighted by Gasteiger charge is -2.66. The van der Waals surface area contributed by atoms with E-state index in [-0.39, 0.29) is 28.7 Å². The van der Waals surface area contributed by atoms with E-state index in [1.165, 1.54) is 11.1 Å². The van der Waals surface area contributed by atoms with Gasteiger partial charge in [0, 0.05) is 17.0 Å². The maximum Gasteiger partial charge on any atom is 0.276 e. The lowest BCUT2D eigenvalue weighted by molar-refractivity contribution is 0.000953. The van der Waals surface area contributed by atoms with Gasteiger partial charge in [-0.1, -0.05) is 52.0 Å². The molecule has 2 aliphatic heterocycles. The van der Waals surface area contributed by atoms with Gasteiger partial charge in [-0.3, -0.25) is 4.79 Å². The highest BCUT2D eigenvalue weighted by Crippen LogP contribution is 2.65. The third kappa shape index (κ3) is 1.66. The zero-order valence-electron chi connectivity index (χ0n) is 18.1. The highest BCUT2D eigenvalue weighted by Gasteiger charge is 2.65. The van der Waals surface area contributed by atoms with Crippen molar-refractivity contribution in [3.8, 4) is 5.75 Å². The molecule has 5 heteroatoms.